The van der Waals surface area contributed by atoms with E-state index in [1.165, 1.54) is 26.0 Å². The van der Waals surface area contributed by atoms with Gasteiger partial charge in [-0.3, -0.25) is 9.78 Å². The van der Waals surface area contributed by atoms with Crippen LogP contribution in [0.1, 0.15) is 49.7 Å². The zero-order valence-electron chi connectivity index (χ0n) is 18.1. The van der Waals surface area contributed by atoms with Crippen LogP contribution < -0.4 is 4.72 Å². The van der Waals surface area contributed by atoms with Crippen LogP contribution in [-0.4, -0.2) is 29.4 Å². The maximum Gasteiger partial charge on any atom is 0.275 e. The van der Waals surface area contributed by atoms with E-state index in [1.54, 1.807) is 24.5 Å². The lowest BCUT2D eigenvalue weighted by molar-refractivity contribution is -0.118. The molecule has 2 heterocycles. The summed E-state index contributed by atoms with van der Waals surface area (Å²) in [7, 11) is -4.18. The monoisotopic (exact) mass is 477 g/mol. The van der Waals surface area contributed by atoms with E-state index in [2.05, 4.69) is 14.7 Å². The van der Waals surface area contributed by atoms with Gasteiger partial charge in [-0.1, -0.05) is 19.9 Å². The summed E-state index contributed by atoms with van der Waals surface area (Å²) in [5.74, 6) is -1.31. The fourth-order valence-electron chi connectivity index (χ4n) is 3.21. The maximum absolute atomic E-state index is 14.3. The number of hydrogen-bond acceptors (Lipinski definition) is 7. The van der Waals surface area contributed by atoms with E-state index in [0.717, 1.165) is 17.5 Å². The minimum atomic E-state index is -4.18. The molecule has 0 fully saturated rings. The highest BCUT2D eigenvalue weighted by atomic mass is 32.2. The Morgan fingerprint density at radius 2 is 2.00 bits per heavy atom. The van der Waals surface area contributed by atoms with Crippen LogP contribution in [0, 0.1) is 5.82 Å². The number of nitrogens with zero attached hydrogens (tertiary/aromatic N) is 2. The van der Waals surface area contributed by atoms with Gasteiger partial charge in [0.1, 0.15) is 16.4 Å². The van der Waals surface area contributed by atoms with E-state index < -0.39 is 27.3 Å². The summed E-state index contributed by atoms with van der Waals surface area (Å²) >= 11 is 0.783. The number of nitrogens with one attached hydrogen (secondary N) is 1. The van der Waals surface area contributed by atoms with Crippen molar-refractivity contribution in [2.45, 2.75) is 49.8 Å². The van der Waals surface area contributed by atoms with Gasteiger partial charge < -0.3 is 5.11 Å². The second kappa shape index (κ2) is 9.05. The molecule has 32 heavy (non-hydrogen) atoms. The number of benzene rings is 1. The Hall–Kier alpha value is -2.69. The molecule has 1 amide bonds. The second-order valence-corrected chi connectivity index (χ2v) is 11.1. The van der Waals surface area contributed by atoms with E-state index in [1.807, 2.05) is 13.8 Å². The molecule has 7 nitrogen and oxygen atoms in total. The first-order valence-electron chi connectivity index (χ1n) is 9.85. The highest BCUT2D eigenvalue weighted by Crippen LogP contribution is 2.32. The molecular weight excluding hydrogens is 453 g/mol. The van der Waals surface area contributed by atoms with Gasteiger partial charge in [0.15, 0.2) is 4.21 Å². The molecule has 10 heteroatoms. The van der Waals surface area contributed by atoms with Gasteiger partial charge >= 0.3 is 0 Å². The van der Waals surface area contributed by atoms with E-state index in [0.29, 0.717) is 22.3 Å². The average molecular weight is 478 g/mol. The zero-order valence-corrected chi connectivity index (χ0v) is 19.7. The summed E-state index contributed by atoms with van der Waals surface area (Å²) in [4.78, 5) is 20.8. The van der Waals surface area contributed by atoms with Gasteiger partial charge in [0, 0.05) is 18.0 Å². The standard InChI is InChI=1S/C22H24FN3O4S2/c1-13(2)16-8-15(23)9-17(14-6-5-7-24-11-14)18(16)10-19(27)26-32(29,30)20-12-25-21(31-20)22(3,4)28/h5-9,11-13,28H,10H2,1-4H3,(H,26,27). The van der Waals surface area contributed by atoms with Crippen molar-refractivity contribution in [3.05, 3.63) is 64.8 Å². The van der Waals surface area contributed by atoms with Crippen LogP contribution in [0.4, 0.5) is 4.39 Å². The van der Waals surface area contributed by atoms with Gasteiger partial charge in [0.25, 0.3) is 10.0 Å². The van der Waals surface area contributed by atoms with Crippen molar-refractivity contribution in [2.75, 3.05) is 0 Å². The van der Waals surface area contributed by atoms with Crippen LogP contribution >= 0.6 is 11.3 Å². The van der Waals surface area contributed by atoms with Crippen molar-refractivity contribution in [3.8, 4) is 11.1 Å². The number of aliphatic hydroxyl groups is 1. The Morgan fingerprint density at radius 3 is 2.56 bits per heavy atom. The molecule has 0 aliphatic heterocycles. The molecule has 0 saturated heterocycles. The predicted octanol–water partition coefficient (Wildman–Crippen LogP) is 3.74. The second-order valence-electron chi connectivity index (χ2n) is 8.17. The number of pyridine rings is 1. The first-order chi connectivity index (χ1) is 14.9. The first kappa shape index (κ1) is 24.0. The van der Waals surface area contributed by atoms with Crippen molar-refractivity contribution >= 4 is 27.3 Å². The Bertz CT molecular complexity index is 1230. The van der Waals surface area contributed by atoms with Crippen molar-refractivity contribution in [3.63, 3.8) is 0 Å². The Labute approximate surface area is 190 Å². The molecule has 0 spiro atoms. The minimum absolute atomic E-state index is 0.101. The normalized spacial score (nSPS) is 12.2. The van der Waals surface area contributed by atoms with Crippen LogP contribution in [0.15, 0.2) is 47.1 Å². The lowest BCUT2D eigenvalue weighted by Gasteiger charge is -2.18. The third kappa shape index (κ3) is 5.37. The number of rotatable bonds is 7. The van der Waals surface area contributed by atoms with Crippen LogP contribution in [-0.2, 0) is 26.8 Å². The topological polar surface area (TPSA) is 109 Å². The van der Waals surface area contributed by atoms with Crippen molar-refractivity contribution in [2.24, 2.45) is 0 Å². The summed E-state index contributed by atoms with van der Waals surface area (Å²) in [5.41, 5.74) is 0.941. The average Bonchev–Trinajstić information content (AvgIpc) is 3.21. The van der Waals surface area contributed by atoms with E-state index in [4.69, 9.17) is 0 Å². The molecule has 0 atom stereocenters. The molecule has 0 aliphatic rings. The molecule has 3 aromatic rings. The quantitative estimate of drug-likeness (QED) is 0.537. The van der Waals surface area contributed by atoms with E-state index in [-0.39, 0.29) is 21.6 Å². The number of carbonyl (C=O) groups is 1. The van der Waals surface area contributed by atoms with Crippen molar-refractivity contribution < 1.29 is 22.7 Å². The zero-order chi connectivity index (χ0) is 23.7. The number of sulfonamides is 1. The molecule has 0 bridgehead atoms. The molecule has 170 valence electrons. The van der Waals surface area contributed by atoms with E-state index >= 15 is 0 Å². The lowest BCUT2D eigenvalue weighted by Crippen LogP contribution is -2.31. The molecule has 1 aromatic carbocycles. The molecule has 0 saturated carbocycles. The predicted molar refractivity (Wildman–Crippen MR) is 120 cm³/mol. The Morgan fingerprint density at radius 1 is 1.28 bits per heavy atom. The smallest absolute Gasteiger partial charge is 0.275 e. The summed E-state index contributed by atoms with van der Waals surface area (Å²) < 4.78 is 41.6. The highest BCUT2D eigenvalue weighted by molar-refractivity contribution is 7.92. The summed E-state index contributed by atoms with van der Waals surface area (Å²) in [5, 5.41) is 10.2. The third-order valence-corrected chi connectivity index (χ3v) is 7.85. The molecule has 2 aromatic heterocycles. The molecular formula is C22H24FN3O4S2. The third-order valence-electron chi connectivity index (χ3n) is 4.70. The number of thiazole rings is 1. The Kier molecular flexibility index (Phi) is 6.77. The molecule has 3 rings (SSSR count). The molecule has 0 radical (unpaired) electrons. The number of carbonyl (C=O) groups excluding carboxylic acids is 1. The van der Waals surface area contributed by atoms with Crippen molar-refractivity contribution in [1.29, 1.82) is 0 Å². The van der Waals surface area contributed by atoms with Gasteiger partial charge in [0.2, 0.25) is 5.91 Å². The van der Waals surface area contributed by atoms with Crippen LogP contribution in [0.3, 0.4) is 0 Å². The van der Waals surface area contributed by atoms with Crippen LogP contribution in [0.2, 0.25) is 0 Å². The molecule has 0 aliphatic carbocycles. The Balaban J connectivity index is 1.94. The van der Waals surface area contributed by atoms with Gasteiger partial charge in [-0.2, -0.15) is 0 Å². The van der Waals surface area contributed by atoms with Gasteiger partial charge in [-0.05, 0) is 54.7 Å². The highest BCUT2D eigenvalue weighted by Gasteiger charge is 2.27. The first-order valence-corrected chi connectivity index (χ1v) is 12.2. The SMILES string of the molecule is CC(C)c1cc(F)cc(-c2cccnc2)c1CC(=O)NS(=O)(=O)c1cnc(C(C)(C)O)s1. The number of aromatic nitrogens is 2. The fraction of sp³-hybridized carbons (Fsp3) is 0.318. The van der Waals surface area contributed by atoms with Gasteiger partial charge in [-0.15, -0.1) is 11.3 Å². The van der Waals surface area contributed by atoms with Crippen LogP contribution in [0.5, 0.6) is 0 Å². The number of halogens is 1. The molecule has 0 unspecified atom stereocenters. The van der Waals surface area contributed by atoms with E-state index in [9.17, 15) is 22.7 Å². The maximum atomic E-state index is 14.3. The molecule has 2 N–H and O–H groups in total. The largest absolute Gasteiger partial charge is 0.383 e. The summed E-state index contributed by atoms with van der Waals surface area (Å²) in [6.07, 6.45) is 3.98. The summed E-state index contributed by atoms with van der Waals surface area (Å²) in [6.45, 7) is 6.72. The van der Waals surface area contributed by atoms with Crippen molar-refractivity contribution in [1.82, 2.24) is 14.7 Å². The summed E-state index contributed by atoms with van der Waals surface area (Å²) in [6, 6.07) is 6.13. The van der Waals surface area contributed by atoms with Gasteiger partial charge in [-0.25, -0.2) is 22.5 Å². The van der Waals surface area contributed by atoms with Crippen LogP contribution in [0.25, 0.3) is 11.1 Å². The van der Waals surface area contributed by atoms with Gasteiger partial charge in [0.05, 0.1) is 12.6 Å². The number of amides is 1. The lowest BCUT2D eigenvalue weighted by atomic mass is 9.88. The number of hydrogen-bond donors (Lipinski definition) is 2. The minimum Gasteiger partial charge on any atom is -0.383 e. The fourth-order valence-corrected chi connectivity index (χ4v) is 5.33.